The summed E-state index contributed by atoms with van der Waals surface area (Å²) < 4.78 is 5.38. The highest BCUT2D eigenvalue weighted by Gasteiger charge is 2.14. The summed E-state index contributed by atoms with van der Waals surface area (Å²) in [4.78, 5) is 8.72. The van der Waals surface area contributed by atoms with Gasteiger partial charge in [0.2, 0.25) is 0 Å². The van der Waals surface area contributed by atoms with Crippen LogP contribution in [0.15, 0.2) is 0 Å². The van der Waals surface area contributed by atoms with Crippen molar-refractivity contribution >= 4 is 5.82 Å². The zero-order chi connectivity index (χ0) is 10.7. The van der Waals surface area contributed by atoms with E-state index in [1.807, 2.05) is 0 Å². The van der Waals surface area contributed by atoms with E-state index in [0.717, 1.165) is 29.9 Å². The minimum Gasteiger partial charge on any atom is -0.383 e. The SMILES string of the molecule is NCCc1nc(N)c2c(n1)CCOCC2. The molecule has 0 saturated carbocycles. The van der Waals surface area contributed by atoms with E-state index in [1.165, 1.54) is 0 Å². The third kappa shape index (κ3) is 2.24. The van der Waals surface area contributed by atoms with Crippen molar-refractivity contribution in [2.75, 3.05) is 25.5 Å². The zero-order valence-corrected chi connectivity index (χ0v) is 8.70. The second-order valence-corrected chi connectivity index (χ2v) is 3.60. The molecule has 2 heterocycles. The summed E-state index contributed by atoms with van der Waals surface area (Å²) in [5, 5.41) is 0. The summed E-state index contributed by atoms with van der Waals surface area (Å²) in [7, 11) is 0. The zero-order valence-electron chi connectivity index (χ0n) is 8.70. The van der Waals surface area contributed by atoms with Gasteiger partial charge in [0.15, 0.2) is 0 Å². The third-order valence-corrected chi connectivity index (χ3v) is 2.52. The van der Waals surface area contributed by atoms with Crippen LogP contribution in [0.1, 0.15) is 17.1 Å². The first-order valence-electron chi connectivity index (χ1n) is 5.23. The summed E-state index contributed by atoms with van der Waals surface area (Å²) in [5.41, 5.74) is 13.4. The molecule has 0 radical (unpaired) electrons. The lowest BCUT2D eigenvalue weighted by Crippen LogP contribution is -2.12. The molecule has 0 saturated heterocycles. The highest BCUT2D eigenvalue weighted by molar-refractivity contribution is 5.43. The summed E-state index contributed by atoms with van der Waals surface area (Å²) >= 11 is 0. The molecule has 1 aromatic rings. The molecule has 0 unspecified atom stereocenters. The van der Waals surface area contributed by atoms with Gasteiger partial charge in [0, 0.05) is 24.8 Å². The molecule has 0 aliphatic carbocycles. The summed E-state index contributed by atoms with van der Waals surface area (Å²) in [6, 6.07) is 0. The Morgan fingerprint density at radius 3 is 2.80 bits per heavy atom. The van der Waals surface area contributed by atoms with Crippen LogP contribution in [0.25, 0.3) is 0 Å². The summed E-state index contributed by atoms with van der Waals surface area (Å²) in [6.45, 7) is 1.97. The summed E-state index contributed by atoms with van der Waals surface area (Å²) in [5.74, 6) is 1.34. The van der Waals surface area contributed by atoms with Crippen LogP contribution in [-0.2, 0) is 24.0 Å². The van der Waals surface area contributed by atoms with Crippen molar-refractivity contribution in [3.05, 3.63) is 17.1 Å². The Balaban J connectivity index is 2.35. The minimum atomic E-state index is 0.550. The molecule has 82 valence electrons. The van der Waals surface area contributed by atoms with Gasteiger partial charge in [-0.25, -0.2) is 9.97 Å². The standard InChI is InChI=1S/C10H16N4O/c11-4-1-9-13-8-3-6-15-5-2-7(8)10(12)14-9/h1-6,11H2,(H2,12,13,14). The molecule has 4 N–H and O–H groups in total. The second kappa shape index (κ2) is 4.55. The molecule has 5 nitrogen and oxygen atoms in total. The number of hydrogen-bond acceptors (Lipinski definition) is 5. The van der Waals surface area contributed by atoms with Crippen LogP contribution in [0.4, 0.5) is 5.82 Å². The van der Waals surface area contributed by atoms with Gasteiger partial charge < -0.3 is 16.2 Å². The lowest BCUT2D eigenvalue weighted by atomic mass is 10.1. The van der Waals surface area contributed by atoms with Crippen LogP contribution in [-0.4, -0.2) is 29.7 Å². The maximum absolute atomic E-state index is 5.89. The van der Waals surface area contributed by atoms with E-state index in [9.17, 15) is 0 Å². The number of fused-ring (bicyclic) bond motifs is 1. The van der Waals surface area contributed by atoms with Gasteiger partial charge in [-0.05, 0) is 6.54 Å². The van der Waals surface area contributed by atoms with Crippen molar-refractivity contribution in [1.29, 1.82) is 0 Å². The first-order chi connectivity index (χ1) is 7.31. The molecule has 0 amide bonds. The molecule has 15 heavy (non-hydrogen) atoms. The predicted molar refractivity (Wildman–Crippen MR) is 57.4 cm³/mol. The highest BCUT2D eigenvalue weighted by atomic mass is 16.5. The molecule has 5 heteroatoms. The van der Waals surface area contributed by atoms with Crippen LogP contribution >= 0.6 is 0 Å². The van der Waals surface area contributed by atoms with Crippen molar-refractivity contribution in [3.8, 4) is 0 Å². The quantitative estimate of drug-likeness (QED) is 0.695. The van der Waals surface area contributed by atoms with Gasteiger partial charge in [-0.2, -0.15) is 0 Å². The second-order valence-electron chi connectivity index (χ2n) is 3.60. The molecular weight excluding hydrogens is 192 g/mol. The van der Waals surface area contributed by atoms with Crippen molar-refractivity contribution in [2.24, 2.45) is 5.73 Å². The first-order valence-corrected chi connectivity index (χ1v) is 5.23. The van der Waals surface area contributed by atoms with E-state index in [1.54, 1.807) is 0 Å². The van der Waals surface area contributed by atoms with Gasteiger partial charge >= 0.3 is 0 Å². The molecule has 0 spiro atoms. The predicted octanol–water partition coefficient (Wildman–Crippen LogP) is -0.325. The Morgan fingerprint density at radius 1 is 1.20 bits per heavy atom. The fourth-order valence-corrected chi connectivity index (χ4v) is 1.77. The fourth-order valence-electron chi connectivity index (χ4n) is 1.77. The Hall–Kier alpha value is -1.20. The molecule has 1 aliphatic rings. The molecule has 0 atom stereocenters. The van der Waals surface area contributed by atoms with Crippen molar-refractivity contribution in [2.45, 2.75) is 19.3 Å². The number of nitrogens with two attached hydrogens (primary N) is 2. The molecule has 0 fully saturated rings. The Kier molecular flexibility index (Phi) is 3.13. The smallest absolute Gasteiger partial charge is 0.132 e. The number of rotatable bonds is 2. The average Bonchev–Trinajstić information content (AvgIpc) is 2.43. The molecule has 0 bridgehead atoms. The number of anilines is 1. The maximum Gasteiger partial charge on any atom is 0.132 e. The van der Waals surface area contributed by atoms with Crippen molar-refractivity contribution < 1.29 is 4.74 Å². The number of ether oxygens (including phenoxy) is 1. The monoisotopic (exact) mass is 208 g/mol. The van der Waals surface area contributed by atoms with Crippen LogP contribution in [0.5, 0.6) is 0 Å². The number of aromatic nitrogens is 2. The van der Waals surface area contributed by atoms with Gasteiger partial charge in [-0.15, -0.1) is 0 Å². The summed E-state index contributed by atoms with van der Waals surface area (Å²) in [6.07, 6.45) is 2.31. The van der Waals surface area contributed by atoms with E-state index >= 15 is 0 Å². The van der Waals surface area contributed by atoms with Gasteiger partial charge in [0.05, 0.1) is 18.9 Å². The van der Waals surface area contributed by atoms with Crippen molar-refractivity contribution in [1.82, 2.24) is 9.97 Å². The maximum atomic E-state index is 5.89. The number of nitrogens with zero attached hydrogens (tertiary/aromatic N) is 2. The Bertz CT molecular complexity index is 354. The van der Waals surface area contributed by atoms with Gasteiger partial charge in [0.25, 0.3) is 0 Å². The van der Waals surface area contributed by atoms with Crippen LogP contribution < -0.4 is 11.5 Å². The fraction of sp³-hybridized carbons (Fsp3) is 0.600. The topological polar surface area (TPSA) is 87.0 Å². The van der Waals surface area contributed by atoms with Crippen LogP contribution in [0.2, 0.25) is 0 Å². The molecule has 0 aromatic carbocycles. The van der Waals surface area contributed by atoms with E-state index < -0.39 is 0 Å². The molecule has 2 rings (SSSR count). The Labute approximate surface area is 88.8 Å². The normalized spacial score (nSPS) is 15.8. The first kappa shape index (κ1) is 10.3. The average molecular weight is 208 g/mol. The lowest BCUT2D eigenvalue weighted by molar-refractivity contribution is 0.146. The molecule has 1 aliphatic heterocycles. The number of hydrogen-bond donors (Lipinski definition) is 2. The van der Waals surface area contributed by atoms with Gasteiger partial charge in [-0.1, -0.05) is 0 Å². The van der Waals surface area contributed by atoms with Crippen LogP contribution in [0.3, 0.4) is 0 Å². The van der Waals surface area contributed by atoms with Crippen molar-refractivity contribution in [3.63, 3.8) is 0 Å². The van der Waals surface area contributed by atoms with E-state index in [2.05, 4.69) is 9.97 Å². The number of nitrogen functional groups attached to an aromatic ring is 1. The van der Waals surface area contributed by atoms with Gasteiger partial charge in [-0.3, -0.25) is 0 Å². The van der Waals surface area contributed by atoms with Crippen LogP contribution in [0, 0.1) is 0 Å². The third-order valence-electron chi connectivity index (χ3n) is 2.52. The lowest BCUT2D eigenvalue weighted by Gasteiger charge is -2.08. The molecule has 1 aromatic heterocycles. The van der Waals surface area contributed by atoms with E-state index in [0.29, 0.717) is 32.0 Å². The largest absolute Gasteiger partial charge is 0.383 e. The van der Waals surface area contributed by atoms with E-state index in [-0.39, 0.29) is 0 Å². The Morgan fingerprint density at radius 2 is 2.00 bits per heavy atom. The highest BCUT2D eigenvalue weighted by Crippen LogP contribution is 2.18. The van der Waals surface area contributed by atoms with Gasteiger partial charge in [0.1, 0.15) is 11.6 Å². The van der Waals surface area contributed by atoms with E-state index in [4.69, 9.17) is 16.2 Å². The molecular formula is C10H16N4O. The minimum absolute atomic E-state index is 0.550.